The van der Waals surface area contributed by atoms with Crippen LogP contribution in [0.4, 0.5) is 0 Å². The minimum atomic E-state index is 0.231. The van der Waals surface area contributed by atoms with Gasteiger partial charge in [-0.2, -0.15) is 5.10 Å². The molecule has 3 fully saturated rings. The monoisotopic (exact) mass is 386 g/mol. The van der Waals surface area contributed by atoms with E-state index < -0.39 is 0 Å². The van der Waals surface area contributed by atoms with Crippen molar-refractivity contribution in [1.29, 1.82) is 0 Å². The smallest absolute Gasteiger partial charge is 0.222 e. The van der Waals surface area contributed by atoms with Gasteiger partial charge in [0.25, 0.3) is 0 Å². The molecule has 5 rings (SSSR count). The third kappa shape index (κ3) is 3.28. The maximum Gasteiger partial charge on any atom is 0.222 e. The van der Waals surface area contributed by atoms with Crippen molar-refractivity contribution in [2.75, 3.05) is 26.2 Å². The lowest BCUT2D eigenvalue weighted by Crippen LogP contribution is -2.65. The third-order valence-corrected chi connectivity index (χ3v) is 7.88. The van der Waals surface area contributed by atoms with Crippen LogP contribution in [0.3, 0.4) is 0 Å². The Balaban J connectivity index is 1.24. The van der Waals surface area contributed by atoms with Gasteiger partial charge in [-0.3, -0.25) is 14.8 Å². The Bertz CT molecular complexity index is 703. The molecule has 3 saturated heterocycles. The van der Waals surface area contributed by atoms with Crippen molar-refractivity contribution < 1.29 is 9.90 Å². The second-order valence-corrected chi connectivity index (χ2v) is 9.44. The number of aliphatic hydroxyl groups excluding tert-OH is 1. The molecule has 0 radical (unpaired) electrons. The van der Waals surface area contributed by atoms with Crippen LogP contribution < -0.4 is 0 Å². The minimum Gasteiger partial charge on any atom is -0.395 e. The van der Waals surface area contributed by atoms with E-state index in [1.54, 1.807) is 0 Å². The first-order valence-corrected chi connectivity index (χ1v) is 11.4. The second-order valence-electron chi connectivity index (χ2n) is 9.44. The molecule has 1 amide bonds. The van der Waals surface area contributed by atoms with Gasteiger partial charge in [-0.25, -0.2) is 0 Å². The number of hydrogen-bond donors (Lipinski definition) is 2. The standard InChI is InChI=1S/C22H34N4O2/c27-14-21-16-11-15(20-7-3-4-10-26(20)21)12-25(13-16)22(28)9-8-19-17-5-1-2-6-18(17)23-24-19/h15-16,20-21,27H,1-14H2,(H,23,24)/t15-,16+,20+,21+/m1/s1. The van der Waals surface area contributed by atoms with Crippen LogP contribution in [0.15, 0.2) is 0 Å². The number of nitrogens with zero attached hydrogens (tertiary/aromatic N) is 3. The number of nitrogens with one attached hydrogen (secondary N) is 1. The summed E-state index contributed by atoms with van der Waals surface area (Å²) in [6, 6.07) is 0.812. The van der Waals surface area contributed by atoms with Crippen LogP contribution in [0.1, 0.15) is 61.9 Å². The van der Waals surface area contributed by atoms with Crippen molar-refractivity contribution >= 4 is 5.91 Å². The number of likely N-dealkylation sites (tertiary alicyclic amines) is 1. The Morgan fingerprint density at radius 1 is 1.14 bits per heavy atom. The SMILES string of the molecule is O=C(CCc1n[nH]c2c1CCCC2)N1C[C@H]2C[C@@H](C1)[C@H](CO)N1CCCC[C@@H]21. The molecule has 0 saturated carbocycles. The highest BCUT2D eigenvalue weighted by Gasteiger charge is 2.47. The first kappa shape index (κ1) is 18.6. The van der Waals surface area contributed by atoms with E-state index in [0.717, 1.165) is 44.6 Å². The summed E-state index contributed by atoms with van der Waals surface area (Å²) in [5, 5.41) is 17.8. The number of rotatable bonds is 4. The molecule has 1 aliphatic carbocycles. The van der Waals surface area contributed by atoms with Gasteiger partial charge in [0.2, 0.25) is 5.91 Å². The van der Waals surface area contributed by atoms with Crippen LogP contribution >= 0.6 is 0 Å². The number of H-pyrrole nitrogens is 1. The summed E-state index contributed by atoms with van der Waals surface area (Å²) in [4.78, 5) is 17.8. The summed E-state index contributed by atoms with van der Waals surface area (Å²) in [5.74, 6) is 1.30. The summed E-state index contributed by atoms with van der Waals surface area (Å²) in [7, 11) is 0. The highest BCUT2D eigenvalue weighted by molar-refractivity contribution is 5.76. The Kier molecular flexibility index (Phi) is 5.18. The zero-order valence-corrected chi connectivity index (χ0v) is 16.9. The Hall–Kier alpha value is -1.40. The molecule has 28 heavy (non-hydrogen) atoms. The lowest BCUT2D eigenvalue weighted by molar-refractivity contribution is -0.142. The van der Waals surface area contributed by atoms with Crippen molar-refractivity contribution in [3.63, 3.8) is 0 Å². The van der Waals surface area contributed by atoms with Crippen LogP contribution in [0.2, 0.25) is 0 Å². The van der Waals surface area contributed by atoms with E-state index in [1.807, 2.05) is 0 Å². The number of aliphatic hydroxyl groups is 1. The summed E-state index contributed by atoms with van der Waals surface area (Å²) < 4.78 is 0. The molecule has 1 aromatic rings. The quantitative estimate of drug-likeness (QED) is 0.829. The van der Waals surface area contributed by atoms with Crippen molar-refractivity contribution in [2.45, 2.75) is 76.3 Å². The molecule has 3 aliphatic heterocycles. The van der Waals surface area contributed by atoms with Crippen molar-refractivity contribution in [3.05, 3.63) is 17.0 Å². The minimum absolute atomic E-state index is 0.231. The van der Waals surface area contributed by atoms with Gasteiger partial charge < -0.3 is 10.0 Å². The highest BCUT2D eigenvalue weighted by Crippen LogP contribution is 2.41. The van der Waals surface area contributed by atoms with Gasteiger partial charge in [0, 0.05) is 43.7 Å². The van der Waals surface area contributed by atoms with E-state index in [4.69, 9.17) is 0 Å². The normalized spacial score (nSPS) is 32.7. The number of hydrogen-bond acceptors (Lipinski definition) is 4. The van der Waals surface area contributed by atoms with Crippen LogP contribution in [-0.4, -0.2) is 69.3 Å². The topological polar surface area (TPSA) is 72.5 Å². The van der Waals surface area contributed by atoms with E-state index >= 15 is 0 Å². The van der Waals surface area contributed by atoms with Crippen LogP contribution in [0, 0.1) is 11.8 Å². The van der Waals surface area contributed by atoms with E-state index in [1.165, 1.54) is 49.8 Å². The zero-order chi connectivity index (χ0) is 19.1. The summed E-state index contributed by atoms with van der Waals surface area (Å²) in [6.45, 7) is 3.09. The van der Waals surface area contributed by atoms with E-state index in [9.17, 15) is 9.90 Å². The number of carbonyl (C=O) groups excluding carboxylic acids is 1. The first-order valence-electron chi connectivity index (χ1n) is 11.4. The third-order valence-electron chi connectivity index (χ3n) is 7.88. The molecule has 0 aromatic carbocycles. The maximum absolute atomic E-state index is 13.1. The lowest BCUT2D eigenvalue weighted by Gasteiger charge is -2.56. The first-order chi connectivity index (χ1) is 13.7. The molecular formula is C22H34N4O2. The van der Waals surface area contributed by atoms with Gasteiger partial charge in [-0.05, 0) is 68.9 Å². The summed E-state index contributed by atoms with van der Waals surface area (Å²) in [6.07, 6.45) is 11.0. The number of fused-ring (bicyclic) bond motifs is 5. The van der Waals surface area contributed by atoms with Crippen LogP contribution in [0.25, 0.3) is 0 Å². The number of aromatic amines is 1. The average Bonchev–Trinajstić information content (AvgIpc) is 3.15. The molecule has 2 bridgehead atoms. The molecule has 0 spiro atoms. The molecule has 6 nitrogen and oxygen atoms in total. The molecule has 1 aromatic heterocycles. The predicted molar refractivity (Wildman–Crippen MR) is 107 cm³/mol. The Morgan fingerprint density at radius 3 is 2.89 bits per heavy atom. The second kappa shape index (κ2) is 7.79. The average molecular weight is 387 g/mol. The molecule has 6 heteroatoms. The maximum atomic E-state index is 13.1. The number of carbonyl (C=O) groups is 1. The van der Waals surface area contributed by atoms with E-state index in [-0.39, 0.29) is 18.6 Å². The fourth-order valence-electron chi connectivity index (χ4n) is 6.50. The van der Waals surface area contributed by atoms with Gasteiger partial charge in [-0.15, -0.1) is 0 Å². The van der Waals surface area contributed by atoms with E-state index in [0.29, 0.717) is 24.3 Å². The molecule has 154 valence electrons. The van der Waals surface area contributed by atoms with Gasteiger partial charge in [-0.1, -0.05) is 6.42 Å². The van der Waals surface area contributed by atoms with Crippen molar-refractivity contribution in [2.24, 2.45) is 11.8 Å². The number of amides is 1. The molecule has 4 heterocycles. The van der Waals surface area contributed by atoms with Crippen LogP contribution in [-0.2, 0) is 24.1 Å². The molecule has 4 atom stereocenters. The van der Waals surface area contributed by atoms with Gasteiger partial charge >= 0.3 is 0 Å². The van der Waals surface area contributed by atoms with Crippen LogP contribution in [0.5, 0.6) is 0 Å². The molecule has 4 aliphatic rings. The van der Waals surface area contributed by atoms with Crippen molar-refractivity contribution in [1.82, 2.24) is 20.0 Å². The fourth-order valence-corrected chi connectivity index (χ4v) is 6.50. The molecular weight excluding hydrogens is 352 g/mol. The fraction of sp³-hybridized carbons (Fsp3) is 0.818. The predicted octanol–water partition coefficient (Wildman–Crippen LogP) is 1.91. The molecule has 0 unspecified atom stereocenters. The number of aromatic nitrogens is 2. The van der Waals surface area contributed by atoms with Gasteiger partial charge in [0.15, 0.2) is 0 Å². The van der Waals surface area contributed by atoms with Crippen molar-refractivity contribution in [3.8, 4) is 0 Å². The van der Waals surface area contributed by atoms with E-state index in [2.05, 4.69) is 20.0 Å². The largest absolute Gasteiger partial charge is 0.395 e. The lowest BCUT2D eigenvalue weighted by atomic mass is 9.72. The summed E-state index contributed by atoms with van der Waals surface area (Å²) >= 11 is 0. The highest BCUT2D eigenvalue weighted by atomic mass is 16.3. The Labute approximate surface area is 167 Å². The Morgan fingerprint density at radius 2 is 2.00 bits per heavy atom. The molecule has 2 N–H and O–H groups in total. The summed E-state index contributed by atoms with van der Waals surface area (Å²) in [5.41, 5.74) is 3.80. The zero-order valence-electron chi connectivity index (χ0n) is 16.9. The van der Waals surface area contributed by atoms with Gasteiger partial charge in [0.1, 0.15) is 0 Å². The number of piperidine rings is 3. The van der Waals surface area contributed by atoms with Gasteiger partial charge in [0.05, 0.1) is 12.3 Å². The number of aryl methyl sites for hydroxylation is 2.